The van der Waals surface area contributed by atoms with E-state index in [9.17, 15) is 5.11 Å². The van der Waals surface area contributed by atoms with E-state index in [2.05, 4.69) is 60.7 Å². The summed E-state index contributed by atoms with van der Waals surface area (Å²) >= 11 is 1.78. The van der Waals surface area contributed by atoms with E-state index in [0.29, 0.717) is 17.8 Å². The summed E-state index contributed by atoms with van der Waals surface area (Å²) in [6.45, 7) is 12.7. The fourth-order valence-corrected chi connectivity index (χ4v) is 4.58. The SMILES string of the molecule is C=C(C)N1C[C@@H](C)N([C@@H](c2cccc(O)c2)c2cccs2)C[C@@H]1C. The second kappa shape index (κ2) is 6.99. The summed E-state index contributed by atoms with van der Waals surface area (Å²) in [5.41, 5.74) is 2.29. The van der Waals surface area contributed by atoms with Crippen LogP contribution in [0.25, 0.3) is 0 Å². The van der Waals surface area contributed by atoms with Gasteiger partial charge in [0.15, 0.2) is 0 Å². The van der Waals surface area contributed by atoms with Crippen molar-refractivity contribution >= 4 is 11.3 Å². The molecule has 0 unspecified atom stereocenters. The van der Waals surface area contributed by atoms with Crippen LogP contribution in [0.4, 0.5) is 0 Å². The highest BCUT2D eigenvalue weighted by molar-refractivity contribution is 7.10. The maximum Gasteiger partial charge on any atom is 0.115 e. The van der Waals surface area contributed by atoms with Gasteiger partial charge in [-0.1, -0.05) is 24.8 Å². The summed E-state index contributed by atoms with van der Waals surface area (Å²) < 4.78 is 0. The lowest BCUT2D eigenvalue weighted by atomic mass is 9.98. The molecule has 1 aromatic heterocycles. The largest absolute Gasteiger partial charge is 0.508 e. The van der Waals surface area contributed by atoms with E-state index >= 15 is 0 Å². The van der Waals surface area contributed by atoms with Gasteiger partial charge in [0.25, 0.3) is 0 Å². The number of benzene rings is 1. The lowest BCUT2D eigenvalue weighted by molar-refractivity contribution is 0.0444. The first-order valence-electron chi connectivity index (χ1n) is 8.47. The molecule has 3 nitrogen and oxygen atoms in total. The molecule has 2 heterocycles. The first-order valence-corrected chi connectivity index (χ1v) is 9.35. The van der Waals surface area contributed by atoms with Crippen LogP contribution >= 0.6 is 11.3 Å². The molecule has 128 valence electrons. The number of aromatic hydroxyl groups is 1. The van der Waals surface area contributed by atoms with E-state index in [1.54, 1.807) is 17.4 Å². The first kappa shape index (κ1) is 17.1. The minimum atomic E-state index is 0.182. The van der Waals surface area contributed by atoms with Gasteiger partial charge in [0.05, 0.1) is 6.04 Å². The van der Waals surface area contributed by atoms with Gasteiger partial charge in [-0.05, 0) is 49.9 Å². The summed E-state index contributed by atoms with van der Waals surface area (Å²) in [5.74, 6) is 0.329. The topological polar surface area (TPSA) is 26.7 Å². The molecular formula is C20H26N2OS. The highest BCUT2D eigenvalue weighted by Gasteiger charge is 2.35. The van der Waals surface area contributed by atoms with Crippen LogP contribution in [0.1, 0.15) is 37.3 Å². The van der Waals surface area contributed by atoms with Crippen molar-refractivity contribution in [2.45, 2.75) is 38.9 Å². The molecule has 1 fully saturated rings. The second-order valence-electron chi connectivity index (χ2n) is 6.80. The lowest BCUT2D eigenvalue weighted by Gasteiger charge is -2.48. The van der Waals surface area contributed by atoms with Gasteiger partial charge in [0.1, 0.15) is 5.75 Å². The van der Waals surface area contributed by atoms with Crippen LogP contribution < -0.4 is 0 Å². The van der Waals surface area contributed by atoms with Crippen molar-refractivity contribution in [3.8, 4) is 5.75 Å². The van der Waals surface area contributed by atoms with Crippen LogP contribution in [-0.4, -0.2) is 40.1 Å². The zero-order valence-electron chi connectivity index (χ0n) is 14.6. The van der Waals surface area contributed by atoms with Crippen molar-refractivity contribution in [1.29, 1.82) is 0 Å². The molecule has 1 aromatic carbocycles. The zero-order valence-corrected chi connectivity index (χ0v) is 15.5. The van der Waals surface area contributed by atoms with Gasteiger partial charge in [-0.2, -0.15) is 0 Å². The Morgan fingerprint density at radius 1 is 1.21 bits per heavy atom. The molecule has 3 atom stereocenters. The molecule has 1 N–H and O–H groups in total. The van der Waals surface area contributed by atoms with Gasteiger partial charge in [-0.15, -0.1) is 11.3 Å². The third kappa shape index (κ3) is 3.35. The third-order valence-electron chi connectivity index (χ3n) is 4.85. The van der Waals surface area contributed by atoms with Crippen LogP contribution in [0.3, 0.4) is 0 Å². The average Bonchev–Trinajstić information content (AvgIpc) is 3.04. The molecule has 3 rings (SSSR count). The Hall–Kier alpha value is -1.78. The Labute approximate surface area is 148 Å². The van der Waals surface area contributed by atoms with Crippen LogP contribution in [0.2, 0.25) is 0 Å². The van der Waals surface area contributed by atoms with E-state index < -0.39 is 0 Å². The molecule has 1 aliphatic rings. The standard InChI is InChI=1S/C20H26N2OS/c1-14(2)21-12-16(4)22(13-15(21)3)20(19-9-6-10-24-19)17-7-5-8-18(23)11-17/h5-11,15-16,20,23H,1,12-13H2,2-4H3/t15-,16+,20-/m0/s1. The zero-order chi connectivity index (χ0) is 17.3. The summed E-state index contributed by atoms with van der Waals surface area (Å²) in [6, 6.07) is 13.0. The highest BCUT2D eigenvalue weighted by Crippen LogP contribution is 2.36. The molecular weight excluding hydrogens is 316 g/mol. The van der Waals surface area contributed by atoms with Crippen molar-refractivity contribution < 1.29 is 5.11 Å². The minimum Gasteiger partial charge on any atom is -0.508 e. The normalized spacial score (nSPS) is 23.2. The number of rotatable bonds is 4. The van der Waals surface area contributed by atoms with Crippen LogP contribution in [-0.2, 0) is 0 Å². The Balaban J connectivity index is 1.96. The van der Waals surface area contributed by atoms with Gasteiger partial charge < -0.3 is 10.0 Å². The number of phenols is 1. The van der Waals surface area contributed by atoms with Crippen molar-refractivity contribution in [2.75, 3.05) is 13.1 Å². The van der Waals surface area contributed by atoms with Gasteiger partial charge >= 0.3 is 0 Å². The molecule has 2 aromatic rings. The Bertz CT molecular complexity index is 697. The predicted molar refractivity (Wildman–Crippen MR) is 101 cm³/mol. The summed E-state index contributed by atoms with van der Waals surface area (Å²) in [5, 5.41) is 12.1. The summed E-state index contributed by atoms with van der Waals surface area (Å²) in [6.07, 6.45) is 0. The molecule has 1 aliphatic heterocycles. The molecule has 0 amide bonds. The molecule has 4 heteroatoms. The molecule has 0 saturated carbocycles. The number of piperazine rings is 1. The fraction of sp³-hybridized carbons (Fsp3) is 0.400. The Morgan fingerprint density at radius 3 is 2.62 bits per heavy atom. The number of hydrogen-bond acceptors (Lipinski definition) is 4. The fourth-order valence-electron chi connectivity index (χ4n) is 3.71. The molecule has 0 aliphatic carbocycles. The van der Waals surface area contributed by atoms with E-state index in [0.717, 1.165) is 24.4 Å². The van der Waals surface area contributed by atoms with Gasteiger partial charge in [0, 0.05) is 35.7 Å². The number of hydrogen-bond donors (Lipinski definition) is 1. The molecule has 1 saturated heterocycles. The third-order valence-corrected chi connectivity index (χ3v) is 5.78. The van der Waals surface area contributed by atoms with Crippen LogP contribution in [0, 0.1) is 0 Å². The monoisotopic (exact) mass is 342 g/mol. The molecule has 0 bridgehead atoms. The molecule has 0 spiro atoms. The van der Waals surface area contributed by atoms with Gasteiger partial charge in [-0.25, -0.2) is 0 Å². The Kier molecular flexibility index (Phi) is 4.97. The first-order chi connectivity index (χ1) is 11.5. The van der Waals surface area contributed by atoms with Crippen LogP contribution in [0.5, 0.6) is 5.75 Å². The maximum absolute atomic E-state index is 9.96. The van der Waals surface area contributed by atoms with Crippen molar-refractivity contribution in [2.24, 2.45) is 0 Å². The van der Waals surface area contributed by atoms with Crippen LogP contribution in [0.15, 0.2) is 54.1 Å². The number of thiophene rings is 1. The Morgan fingerprint density at radius 2 is 2.00 bits per heavy atom. The summed E-state index contributed by atoms with van der Waals surface area (Å²) in [7, 11) is 0. The summed E-state index contributed by atoms with van der Waals surface area (Å²) in [4.78, 5) is 6.28. The number of allylic oxidation sites excluding steroid dienone is 1. The van der Waals surface area contributed by atoms with E-state index in [-0.39, 0.29) is 6.04 Å². The number of nitrogens with zero attached hydrogens (tertiary/aromatic N) is 2. The smallest absolute Gasteiger partial charge is 0.115 e. The van der Waals surface area contributed by atoms with Crippen molar-refractivity contribution in [3.63, 3.8) is 0 Å². The van der Waals surface area contributed by atoms with E-state index in [1.807, 2.05) is 12.1 Å². The quantitative estimate of drug-likeness (QED) is 0.888. The van der Waals surface area contributed by atoms with Crippen molar-refractivity contribution in [3.05, 3.63) is 64.5 Å². The molecule has 0 radical (unpaired) electrons. The lowest BCUT2D eigenvalue weighted by Crippen LogP contribution is -2.56. The number of phenolic OH excluding ortho intramolecular Hbond substituents is 1. The van der Waals surface area contributed by atoms with Crippen molar-refractivity contribution in [1.82, 2.24) is 9.80 Å². The predicted octanol–water partition coefficient (Wildman–Crippen LogP) is 4.47. The second-order valence-corrected chi connectivity index (χ2v) is 7.77. The minimum absolute atomic E-state index is 0.182. The van der Waals surface area contributed by atoms with E-state index in [1.165, 1.54) is 4.88 Å². The average molecular weight is 343 g/mol. The van der Waals surface area contributed by atoms with Gasteiger partial charge in [-0.3, -0.25) is 4.90 Å². The molecule has 24 heavy (non-hydrogen) atoms. The van der Waals surface area contributed by atoms with Gasteiger partial charge in [0.2, 0.25) is 0 Å². The van der Waals surface area contributed by atoms with E-state index in [4.69, 9.17) is 0 Å². The highest BCUT2D eigenvalue weighted by atomic mass is 32.1. The maximum atomic E-state index is 9.96.